The molecule has 9 heteroatoms. The Morgan fingerprint density at radius 3 is 2.52 bits per heavy atom. The summed E-state index contributed by atoms with van der Waals surface area (Å²) in [5, 5.41) is 14.1. The average Bonchev–Trinajstić information content (AvgIpc) is 2.96. The smallest absolute Gasteiger partial charge is 0.263 e. The molecule has 1 aromatic heterocycles. The van der Waals surface area contributed by atoms with E-state index in [2.05, 4.69) is 37.2 Å². The zero-order chi connectivity index (χ0) is 18.3. The van der Waals surface area contributed by atoms with Gasteiger partial charge in [0.1, 0.15) is 27.8 Å². The second-order valence-corrected chi connectivity index (χ2v) is 7.37. The van der Waals surface area contributed by atoms with Crippen molar-refractivity contribution in [3.8, 4) is 11.5 Å². The predicted molar refractivity (Wildman–Crippen MR) is 104 cm³/mol. The summed E-state index contributed by atoms with van der Waals surface area (Å²) in [4.78, 5) is 12.8. The molecule has 0 saturated heterocycles. The molecule has 1 heterocycles. The number of hydrogen-bond donors (Lipinski definition) is 2. The quantitative estimate of drug-likeness (QED) is 0.439. The normalized spacial score (nSPS) is 10.9. The number of ether oxygens (including phenoxy) is 1. The summed E-state index contributed by atoms with van der Waals surface area (Å²) in [6.45, 7) is 0. The van der Waals surface area contributed by atoms with Gasteiger partial charge in [-0.1, -0.05) is 29.3 Å². The van der Waals surface area contributed by atoms with Gasteiger partial charge in [0.05, 0.1) is 32.7 Å². The van der Waals surface area contributed by atoms with Gasteiger partial charge in [-0.25, -0.2) is 0 Å². The van der Waals surface area contributed by atoms with E-state index in [0.29, 0.717) is 15.4 Å². The van der Waals surface area contributed by atoms with Crippen molar-refractivity contribution in [1.29, 1.82) is 0 Å². The van der Waals surface area contributed by atoms with Crippen molar-refractivity contribution in [2.75, 3.05) is 12.4 Å². The SMILES string of the molecule is COc1c(C(=O)Nc2c(Cl)cccc2Cl)c(O)c(Br)c2occ(Br)c12. The van der Waals surface area contributed by atoms with Gasteiger partial charge in [0.25, 0.3) is 5.91 Å². The van der Waals surface area contributed by atoms with Crippen LogP contribution in [0.3, 0.4) is 0 Å². The van der Waals surface area contributed by atoms with Gasteiger partial charge in [-0.05, 0) is 44.0 Å². The largest absolute Gasteiger partial charge is 0.506 e. The zero-order valence-electron chi connectivity index (χ0n) is 12.5. The second kappa shape index (κ2) is 7.07. The van der Waals surface area contributed by atoms with Crippen LogP contribution >= 0.6 is 55.1 Å². The van der Waals surface area contributed by atoms with E-state index in [9.17, 15) is 9.90 Å². The zero-order valence-corrected chi connectivity index (χ0v) is 17.2. The average molecular weight is 510 g/mol. The first-order chi connectivity index (χ1) is 11.9. The van der Waals surface area contributed by atoms with Crippen LogP contribution in [0.5, 0.6) is 11.5 Å². The summed E-state index contributed by atoms with van der Waals surface area (Å²) in [6, 6.07) is 4.83. The van der Waals surface area contributed by atoms with Crippen LogP contribution in [0.25, 0.3) is 11.0 Å². The number of fused-ring (bicyclic) bond motifs is 1. The third kappa shape index (κ3) is 3.10. The van der Waals surface area contributed by atoms with Crippen LogP contribution in [0.2, 0.25) is 10.0 Å². The number of anilines is 1. The maximum absolute atomic E-state index is 12.8. The first-order valence-electron chi connectivity index (χ1n) is 6.77. The van der Waals surface area contributed by atoms with E-state index in [1.165, 1.54) is 13.4 Å². The summed E-state index contributed by atoms with van der Waals surface area (Å²) in [7, 11) is 1.39. The van der Waals surface area contributed by atoms with Crippen molar-refractivity contribution < 1.29 is 19.1 Å². The molecule has 130 valence electrons. The molecule has 3 rings (SSSR count). The van der Waals surface area contributed by atoms with Crippen molar-refractivity contribution in [3.63, 3.8) is 0 Å². The number of benzene rings is 2. The van der Waals surface area contributed by atoms with Crippen molar-refractivity contribution in [2.45, 2.75) is 0 Å². The minimum absolute atomic E-state index is 0.0834. The van der Waals surface area contributed by atoms with Gasteiger partial charge < -0.3 is 19.6 Å². The van der Waals surface area contributed by atoms with Gasteiger partial charge in [-0.15, -0.1) is 0 Å². The van der Waals surface area contributed by atoms with Gasteiger partial charge in [0, 0.05) is 0 Å². The summed E-state index contributed by atoms with van der Waals surface area (Å²) >= 11 is 18.7. The van der Waals surface area contributed by atoms with Crippen LogP contribution in [-0.4, -0.2) is 18.1 Å². The Morgan fingerprint density at radius 2 is 1.92 bits per heavy atom. The van der Waals surface area contributed by atoms with E-state index in [1.54, 1.807) is 18.2 Å². The molecule has 0 atom stereocenters. The molecule has 25 heavy (non-hydrogen) atoms. The lowest BCUT2D eigenvalue weighted by atomic mass is 10.1. The molecule has 2 N–H and O–H groups in total. The van der Waals surface area contributed by atoms with Crippen molar-refractivity contribution in [2.24, 2.45) is 0 Å². The fourth-order valence-electron chi connectivity index (χ4n) is 2.37. The van der Waals surface area contributed by atoms with Gasteiger partial charge in [0.15, 0.2) is 5.58 Å². The fourth-order valence-corrected chi connectivity index (χ4v) is 3.80. The topological polar surface area (TPSA) is 71.7 Å². The van der Waals surface area contributed by atoms with Gasteiger partial charge >= 0.3 is 0 Å². The molecule has 0 bridgehead atoms. The van der Waals surface area contributed by atoms with E-state index in [4.69, 9.17) is 32.4 Å². The highest BCUT2D eigenvalue weighted by Crippen LogP contribution is 2.47. The summed E-state index contributed by atoms with van der Waals surface area (Å²) < 4.78 is 11.5. The van der Waals surface area contributed by atoms with E-state index >= 15 is 0 Å². The second-order valence-electron chi connectivity index (χ2n) is 4.91. The molecule has 5 nitrogen and oxygen atoms in total. The van der Waals surface area contributed by atoms with E-state index < -0.39 is 5.91 Å². The number of furan rings is 1. The molecule has 0 unspecified atom stereocenters. The molecule has 2 aromatic carbocycles. The van der Waals surface area contributed by atoms with Gasteiger partial charge in [-0.2, -0.15) is 0 Å². The molecule has 0 aliphatic rings. The number of para-hydroxylation sites is 1. The standard InChI is InChI=1S/C16H9Br2Cl2NO4/c1-24-14-9-6(17)5-25-15(9)11(18)13(22)10(14)16(23)21-12-7(19)3-2-4-8(12)20/h2-5,22H,1H3,(H,21,23). The minimum atomic E-state index is -0.639. The Labute approximate surface area is 169 Å². The number of aromatic hydroxyl groups is 1. The molecule has 0 fully saturated rings. The lowest BCUT2D eigenvalue weighted by Gasteiger charge is -2.15. The lowest BCUT2D eigenvalue weighted by Crippen LogP contribution is -2.14. The van der Waals surface area contributed by atoms with E-state index in [1.807, 2.05) is 0 Å². The molecule has 0 spiro atoms. The molecule has 1 amide bonds. The Kier molecular flexibility index (Phi) is 5.20. The molecule has 0 saturated carbocycles. The van der Waals surface area contributed by atoms with Gasteiger partial charge in [-0.3, -0.25) is 4.79 Å². The highest BCUT2D eigenvalue weighted by atomic mass is 79.9. The van der Waals surface area contributed by atoms with Crippen LogP contribution in [0.15, 0.2) is 37.8 Å². The van der Waals surface area contributed by atoms with Crippen molar-refractivity contribution in [1.82, 2.24) is 0 Å². The maximum atomic E-state index is 12.8. The van der Waals surface area contributed by atoms with Crippen molar-refractivity contribution >= 4 is 77.6 Å². The predicted octanol–water partition coefficient (Wildman–Crippen LogP) is 6.23. The number of nitrogens with one attached hydrogen (secondary N) is 1. The number of halogens is 4. The van der Waals surface area contributed by atoms with Crippen LogP contribution in [0, 0.1) is 0 Å². The Bertz CT molecular complexity index is 983. The maximum Gasteiger partial charge on any atom is 0.263 e. The molecule has 0 aliphatic heterocycles. The van der Waals surface area contributed by atoms with E-state index in [-0.39, 0.29) is 37.3 Å². The lowest BCUT2D eigenvalue weighted by molar-refractivity contribution is 0.102. The minimum Gasteiger partial charge on any atom is -0.506 e. The molecular formula is C16H9Br2Cl2NO4. The number of phenols is 1. The number of amides is 1. The number of rotatable bonds is 3. The molecule has 0 aliphatic carbocycles. The molecule has 0 radical (unpaired) electrons. The Morgan fingerprint density at radius 1 is 1.28 bits per heavy atom. The van der Waals surface area contributed by atoms with Gasteiger partial charge in [0.2, 0.25) is 0 Å². The van der Waals surface area contributed by atoms with Crippen LogP contribution in [0.4, 0.5) is 5.69 Å². The van der Waals surface area contributed by atoms with E-state index in [0.717, 1.165) is 0 Å². The van der Waals surface area contributed by atoms with Crippen LogP contribution in [0.1, 0.15) is 10.4 Å². The van der Waals surface area contributed by atoms with Crippen LogP contribution in [-0.2, 0) is 0 Å². The van der Waals surface area contributed by atoms with Crippen molar-refractivity contribution in [3.05, 3.63) is 49.0 Å². The molecule has 3 aromatic rings. The summed E-state index contributed by atoms with van der Waals surface area (Å²) in [6.07, 6.45) is 1.43. The summed E-state index contributed by atoms with van der Waals surface area (Å²) in [5.41, 5.74) is 0.494. The summed E-state index contributed by atoms with van der Waals surface area (Å²) in [5.74, 6) is -0.816. The third-order valence-electron chi connectivity index (χ3n) is 3.48. The number of carbonyl (C=O) groups is 1. The third-order valence-corrected chi connectivity index (χ3v) is 5.43. The number of phenolic OH excluding ortho intramolecular Hbond substituents is 1. The Balaban J connectivity index is 2.19. The monoisotopic (exact) mass is 507 g/mol. The number of carbonyl (C=O) groups excluding carboxylic acids is 1. The highest BCUT2D eigenvalue weighted by Gasteiger charge is 2.28. The Hall–Kier alpha value is -1.41. The first kappa shape index (κ1) is 18.4. The number of hydrogen-bond acceptors (Lipinski definition) is 4. The molecular weight excluding hydrogens is 501 g/mol. The number of methoxy groups -OCH3 is 1. The highest BCUT2D eigenvalue weighted by molar-refractivity contribution is 9.11. The fraction of sp³-hybridized carbons (Fsp3) is 0.0625. The first-order valence-corrected chi connectivity index (χ1v) is 9.11. The van der Waals surface area contributed by atoms with Crippen LogP contribution < -0.4 is 10.1 Å².